The molecule has 0 atom stereocenters. The van der Waals surface area contributed by atoms with Crippen molar-refractivity contribution >= 4 is 11.7 Å². The number of carbonyl (C=O) groups excluding carboxylic acids is 1. The van der Waals surface area contributed by atoms with Gasteiger partial charge in [0.25, 0.3) is 0 Å². The van der Waals surface area contributed by atoms with Gasteiger partial charge in [0.2, 0.25) is 0 Å². The Hall–Kier alpha value is -3.18. The fraction of sp³-hybridized carbons (Fsp3) is 0.654. The number of urea groups is 1. The van der Waals surface area contributed by atoms with Crippen LogP contribution in [0.4, 0.5) is 18.0 Å². The number of rotatable bonds is 4. The first-order valence-electron chi connectivity index (χ1n) is 13.5. The first-order valence-corrected chi connectivity index (χ1v) is 13.5. The third-order valence-electron chi connectivity index (χ3n) is 9.51. The molecule has 2 amide bonds. The molecule has 0 bridgehead atoms. The van der Waals surface area contributed by atoms with E-state index in [1.165, 1.54) is 23.6 Å². The van der Waals surface area contributed by atoms with E-state index in [2.05, 4.69) is 20.2 Å². The van der Waals surface area contributed by atoms with Crippen molar-refractivity contribution in [1.82, 2.24) is 39.2 Å². The Kier molecular flexibility index (Phi) is 4.48. The van der Waals surface area contributed by atoms with Gasteiger partial charge < -0.3 is 9.80 Å². The average molecular weight is 527 g/mol. The van der Waals surface area contributed by atoms with Crippen molar-refractivity contribution in [3.05, 3.63) is 41.9 Å². The van der Waals surface area contributed by atoms with Crippen LogP contribution in [0.3, 0.4) is 0 Å². The minimum absolute atomic E-state index is 0.149. The molecule has 3 aliphatic carbocycles. The third kappa shape index (κ3) is 3.54. The normalized spacial score (nSPS) is 24.4. The Labute approximate surface area is 217 Å². The van der Waals surface area contributed by atoms with Gasteiger partial charge in [-0.2, -0.15) is 23.4 Å². The molecule has 0 aromatic carbocycles. The van der Waals surface area contributed by atoms with Crippen LogP contribution in [0, 0.1) is 16.7 Å². The molecule has 200 valence electrons. The topological polar surface area (TPSA) is 84.5 Å². The number of nitrogens with zero attached hydrogens (tertiary/aromatic N) is 8. The molecule has 12 heteroatoms. The van der Waals surface area contributed by atoms with Crippen LogP contribution in [0.15, 0.2) is 24.8 Å². The third-order valence-corrected chi connectivity index (χ3v) is 9.51. The molecule has 5 heterocycles. The van der Waals surface area contributed by atoms with Gasteiger partial charge in [0.1, 0.15) is 12.0 Å². The zero-order valence-corrected chi connectivity index (χ0v) is 20.9. The van der Waals surface area contributed by atoms with Crippen LogP contribution < -0.4 is 0 Å². The van der Waals surface area contributed by atoms with E-state index in [0.717, 1.165) is 69.3 Å². The van der Waals surface area contributed by atoms with Crippen LogP contribution in [-0.4, -0.2) is 71.4 Å². The standard InChI is InChI=1S/C26H29F3N8O/c27-26(28,29)20-3-4-36-22(32-20)18(10-31-36)5-16-6-24(7-16)11-34(12-24)23(38)35-13-25(14-35)8-19(9-25)37-15-30-21(33-37)17-1-2-17/h3-4,10,15-17,19H,1-2,5-9,11-14H2. The second-order valence-corrected chi connectivity index (χ2v) is 12.6. The van der Waals surface area contributed by atoms with Gasteiger partial charge in [0.15, 0.2) is 11.5 Å². The maximum absolute atomic E-state index is 13.1. The highest BCUT2D eigenvalue weighted by atomic mass is 19.4. The number of hydrogen-bond acceptors (Lipinski definition) is 5. The smallest absolute Gasteiger partial charge is 0.323 e. The Balaban J connectivity index is 0.809. The summed E-state index contributed by atoms with van der Waals surface area (Å²) in [7, 11) is 0. The summed E-state index contributed by atoms with van der Waals surface area (Å²) in [5, 5.41) is 8.85. The molecule has 5 fully saturated rings. The van der Waals surface area contributed by atoms with Gasteiger partial charge in [0, 0.05) is 54.7 Å². The molecular formula is C26H29F3N8O. The number of fused-ring (bicyclic) bond motifs is 1. The number of hydrogen-bond donors (Lipinski definition) is 0. The summed E-state index contributed by atoms with van der Waals surface area (Å²) in [4.78, 5) is 25.3. The van der Waals surface area contributed by atoms with E-state index in [4.69, 9.17) is 0 Å². The second-order valence-electron chi connectivity index (χ2n) is 12.6. The zero-order chi connectivity index (χ0) is 25.9. The van der Waals surface area contributed by atoms with E-state index in [-0.39, 0.29) is 22.5 Å². The highest BCUT2D eigenvalue weighted by Gasteiger charge is 2.58. The first kappa shape index (κ1) is 22.8. The Morgan fingerprint density at radius 1 is 1.03 bits per heavy atom. The summed E-state index contributed by atoms with van der Waals surface area (Å²) < 4.78 is 42.7. The molecule has 0 radical (unpaired) electrons. The van der Waals surface area contributed by atoms with Crippen molar-refractivity contribution in [2.45, 2.75) is 63.1 Å². The van der Waals surface area contributed by atoms with Crippen LogP contribution in [-0.2, 0) is 12.6 Å². The number of halogens is 3. The second kappa shape index (κ2) is 7.47. The average Bonchev–Trinajstić information content (AvgIpc) is 3.37. The summed E-state index contributed by atoms with van der Waals surface area (Å²) in [5.74, 6) is 1.95. The minimum atomic E-state index is -4.47. The van der Waals surface area contributed by atoms with Crippen molar-refractivity contribution in [3.8, 4) is 0 Å². The lowest BCUT2D eigenvalue weighted by atomic mass is 9.56. The number of carbonyl (C=O) groups is 1. The van der Waals surface area contributed by atoms with Gasteiger partial charge in [-0.1, -0.05) is 0 Å². The lowest BCUT2D eigenvalue weighted by Gasteiger charge is -2.63. The number of amides is 2. The van der Waals surface area contributed by atoms with Crippen molar-refractivity contribution in [1.29, 1.82) is 0 Å². The first-order chi connectivity index (χ1) is 18.2. The quantitative estimate of drug-likeness (QED) is 0.515. The molecule has 2 spiro atoms. The summed E-state index contributed by atoms with van der Waals surface area (Å²) >= 11 is 0. The van der Waals surface area contributed by atoms with Gasteiger partial charge in [-0.25, -0.2) is 24.0 Å². The van der Waals surface area contributed by atoms with E-state index >= 15 is 0 Å². The molecule has 0 N–H and O–H groups in total. The van der Waals surface area contributed by atoms with E-state index in [1.54, 1.807) is 6.20 Å². The van der Waals surface area contributed by atoms with Crippen molar-refractivity contribution in [3.63, 3.8) is 0 Å². The summed E-state index contributed by atoms with van der Waals surface area (Å²) in [6.45, 7) is 3.23. The minimum Gasteiger partial charge on any atom is -0.323 e. The fourth-order valence-electron chi connectivity index (χ4n) is 7.47. The Morgan fingerprint density at radius 3 is 2.37 bits per heavy atom. The van der Waals surface area contributed by atoms with Crippen molar-refractivity contribution in [2.24, 2.45) is 16.7 Å². The predicted octanol–water partition coefficient (Wildman–Crippen LogP) is 3.93. The van der Waals surface area contributed by atoms with E-state index in [0.29, 0.717) is 24.3 Å². The largest absolute Gasteiger partial charge is 0.433 e. The molecule has 3 saturated carbocycles. The van der Waals surface area contributed by atoms with E-state index in [9.17, 15) is 18.0 Å². The maximum Gasteiger partial charge on any atom is 0.433 e. The van der Waals surface area contributed by atoms with Crippen LogP contribution in [0.25, 0.3) is 5.65 Å². The van der Waals surface area contributed by atoms with Crippen LogP contribution in [0.1, 0.15) is 67.6 Å². The Bertz CT molecular complexity index is 1410. The van der Waals surface area contributed by atoms with Crippen molar-refractivity contribution in [2.75, 3.05) is 26.2 Å². The highest BCUT2D eigenvalue weighted by Crippen LogP contribution is 2.56. The van der Waals surface area contributed by atoms with Crippen molar-refractivity contribution < 1.29 is 18.0 Å². The zero-order valence-electron chi connectivity index (χ0n) is 20.9. The number of alkyl halides is 3. The molecule has 5 aliphatic rings. The monoisotopic (exact) mass is 526 g/mol. The van der Waals surface area contributed by atoms with Crippen LogP contribution in [0.2, 0.25) is 0 Å². The Morgan fingerprint density at radius 2 is 1.71 bits per heavy atom. The van der Waals surface area contributed by atoms with Crippen LogP contribution in [0.5, 0.6) is 0 Å². The molecule has 8 rings (SSSR count). The number of likely N-dealkylation sites (tertiary alicyclic amines) is 2. The lowest BCUT2D eigenvalue weighted by Crippen LogP contribution is -2.71. The van der Waals surface area contributed by atoms with Gasteiger partial charge in [-0.05, 0) is 56.9 Å². The molecule has 38 heavy (non-hydrogen) atoms. The van der Waals surface area contributed by atoms with Gasteiger partial charge in [-0.15, -0.1) is 0 Å². The SMILES string of the molecule is O=C(N1CC2(CC(Cc3cnn4ccc(C(F)(F)F)nc34)C2)C1)N1CC2(CC(n3cnc(C4CC4)n3)C2)C1. The molecule has 0 unspecified atom stereocenters. The van der Waals surface area contributed by atoms with Gasteiger partial charge in [-0.3, -0.25) is 0 Å². The summed E-state index contributed by atoms with van der Waals surface area (Å²) in [5.41, 5.74) is 0.566. The van der Waals surface area contributed by atoms with E-state index in [1.807, 2.05) is 20.8 Å². The molecule has 3 aromatic heterocycles. The number of aromatic nitrogens is 6. The molecule has 9 nitrogen and oxygen atoms in total. The summed E-state index contributed by atoms with van der Waals surface area (Å²) in [6, 6.07) is 1.51. The summed E-state index contributed by atoms with van der Waals surface area (Å²) in [6.07, 6.45) is 7.54. The van der Waals surface area contributed by atoms with Gasteiger partial charge >= 0.3 is 12.2 Å². The fourth-order valence-corrected chi connectivity index (χ4v) is 7.47. The van der Waals surface area contributed by atoms with Crippen LogP contribution >= 0.6 is 0 Å². The van der Waals surface area contributed by atoms with E-state index < -0.39 is 11.9 Å². The molecule has 2 aliphatic heterocycles. The molecule has 3 aromatic rings. The highest BCUT2D eigenvalue weighted by molar-refractivity contribution is 5.77. The van der Waals surface area contributed by atoms with Gasteiger partial charge in [0.05, 0.1) is 12.2 Å². The molecular weight excluding hydrogens is 497 g/mol. The molecule has 2 saturated heterocycles. The maximum atomic E-state index is 13.1. The predicted molar refractivity (Wildman–Crippen MR) is 128 cm³/mol. The lowest BCUT2D eigenvalue weighted by molar-refractivity contribution is -0.141.